The molecule has 1 fully saturated rings. The minimum Gasteiger partial charge on any atom is -0.323 e. The van der Waals surface area contributed by atoms with Gasteiger partial charge in [-0.15, -0.1) is 0 Å². The first kappa shape index (κ1) is 20.1. The van der Waals surface area contributed by atoms with E-state index in [9.17, 15) is 10.1 Å². The summed E-state index contributed by atoms with van der Waals surface area (Å²) in [5.41, 5.74) is 1.52. The van der Waals surface area contributed by atoms with E-state index >= 15 is 0 Å². The van der Waals surface area contributed by atoms with Crippen LogP contribution in [0, 0.1) is 11.3 Å². The number of nitrogens with zero attached hydrogens (tertiary/aromatic N) is 4. The largest absolute Gasteiger partial charge is 0.323 e. The molecule has 1 amide bonds. The number of anilines is 1. The molecule has 2 heterocycles. The van der Waals surface area contributed by atoms with Crippen LogP contribution in [0.1, 0.15) is 25.0 Å². The summed E-state index contributed by atoms with van der Waals surface area (Å²) in [6.07, 6.45) is 3.80. The van der Waals surface area contributed by atoms with Crippen molar-refractivity contribution in [2.75, 3.05) is 31.5 Å². The second kappa shape index (κ2) is 8.27. The summed E-state index contributed by atoms with van der Waals surface area (Å²) < 4.78 is 1.73. The van der Waals surface area contributed by atoms with Gasteiger partial charge in [-0.25, -0.2) is 0 Å². The molecule has 154 valence electrons. The number of carbonyl (C=O) groups is 1. The monoisotopic (exact) mass is 402 g/mol. The maximum Gasteiger partial charge on any atom is 0.251 e. The lowest BCUT2D eigenvalue weighted by molar-refractivity contribution is -0.123. The van der Waals surface area contributed by atoms with Crippen LogP contribution in [-0.4, -0.2) is 46.8 Å². The number of hydrogen-bond donors (Lipinski definition) is 2. The van der Waals surface area contributed by atoms with E-state index in [-0.39, 0.29) is 5.91 Å². The SMILES string of the molecule is CC(C)(C(=O)Nc1ccc(C#N)c2ccccc12)n1cc(CN2CCNCC2)cn1. The van der Waals surface area contributed by atoms with Gasteiger partial charge in [-0.2, -0.15) is 10.4 Å². The molecule has 1 aromatic heterocycles. The van der Waals surface area contributed by atoms with Crippen molar-refractivity contribution in [3.8, 4) is 6.07 Å². The first-order chi connectivity index (χ1) is 14.5. The van der Waals surface area contributed by atoms with Crippen LogP contribution in [0.4, 0.5) is 5.69 Å². The molecule has 0 radical (unpaired) electrons. The zero-order valence-corrected chi connectivity index (χ0v) is 17.4. The van der Waals surface area contributed by atoms with Gasteiger partial charge in [0.2, 0.25) is 0 Å². The Kier molecular flexibility index (Phi) is 5.53. The van der Waals surface area contributed by atoms with Crippen LogP contribution in [0.25, 0.3) is 10.8 Å². The molecule has 4 rings (SSSR count). The highest BCUT2D eigenvalue weighted by Crippen LogP contribution is 2.28. The van der Waals surface area contributed by atoms with Gasteiger partial charge in [0.05, 0.1) is 17.8 Å². The number of nitriles is 1. The second-order valence-electron chi connectivity index (χ2n) is 8.15. The zero-order chi connectivity index (χ0) is 21.1. The number of fused-ring (bicyclic) bond motifs is 1. The van der Waals surface area contributed by atoms with Crippen LogP contribution in [0.3, 0.4) is 0 Å². The van der Waals surface area contributed by atoms with Crippen LogP contribution in [-0.2, 0) is 16.9 Å². The molecule has 0 unspecified atom stereocenters. The molecule has 0 bridgehead atoms. The Morgan fingerprint density at radius 3 is 2.67 bits per heavy atom. The molecule has 0 atom stereocenters. The van der Waals surface area contributed by atoms with E-state index in [0.717, 1.165) is 49.1 Å². The van der Waals surface area contributed by atoms with Gasteiger partial charge in [0.25, 0.3) is 5.91 Å². The number of rotatable bonds is 5. The summed E-state index contributed by atoms with van der Waals surface area (Å²) in [7, 11) is 0. The lowest BCUT2D eigenvalue weighted by Crippen LogP contribution is -2.43. The van der Waals surface area contributed by atoms with Gasteiger partial charge in [0.1, 0.15) is 5.54 Å². The minimum atomic E-state index is -0.864. The Balaban J connectivity index is 1.53. The van der Waals surface area contributed by atoms with E-state index in [1.807, 2.05) is 50.5 Å². The van der Waals surface area contributed by atoms with Crippen LogP contribution in [0.2, 0.25) is 0 Å². The second-order valence-corrected chi connectivity index (χ2v) is 8.15. The van der Waals surface area contributed by atoms with Gasteiger partial charge in [0, 0.05) is 60.9 Å². The predicted molar refractivity (Wildman–Crippen MR) is 117 cm³/mol. The third-order valence-corrected chi connectivity index (χ3v) is 5.67. The van der Waals surface area contributed by atoms with Gasteiger partial charge in [-0.05, 0) is 26.0 Å². The van der Waals surface area contributed by atoms with Gasteiger partial charge in [-0.3, -0.25) is 14.4 Å². The highest BCUT2D eigenvalue weighted by molar-refractivity contribution is 6.05. The quantitative estimate of drug-likeness (QED) is 0.685. The topological polar surface area (TPSA) is 86.0 Å². The van der Waals surface area contributed by atoms with Gasteiger partial charge in [-0.1, -0.05) is 24.3 Å². The van der Waals surface area contributed by atoms with Crippen molar-refractivity contribution in [2.45, 2.75) is 25.9 Å². The Bertz CT molecular complexity index is 1100. The van der Waals surface area contributed by atoms with Gasteiger partial charge in [0.15, 0.2) is 0 Å². The van der Waals surface area contributed by atoms with Crippen LogP contribution in [0.5, 0.6) is 0 Å². The number of aromatic nitrogens is 2. The van der Waals surface area contributed by atoms with Crippen molar-refractivity contribution in [1.82, 2.24) is 20.0 Å². The summed E-state index contributed by atoms with van der Waals surface area (Å²) in [5.74, 6) is -0.158. The molecule has 2 aromatic carbocycles. The van der Waals surface area contributed by atoms with Gasteiger partial charge >= 0.3 is 0 Å². The van der Waals surface area contributed by atoms with Crippen molar-refractivity contribution in [2.24, 2.45) is 0 Å². The van der Waals surface area contributed by atoms with Crippen LogP contribution in [0.15, 0.2) is 48.8 Å². The number of carbonyl (C=O) groups excluding carboxylic acids is 1. The number of amides is 1. The average Bonchev–Trinajstić information content (AvgIpc) is 3.24. The average molecular weight is 403 g/mol. The van der Waals surface area contributed by atoms with E-state index < -0.39 is 5.54 Å². The summed E-state index contributed by atoms with van der Waals surface area (Å²) in [5, 5.41) is 21.9. The molecule has 3 aromatic rings. The third kappa shape index (κ3) is 3.92. The Labute approximate surface area is 176 Å². The van der Waals surface area contributed by atoms with Crippen molar-refractivity contribution in [1.29, 1.82) is 5.26 Å². The van der Waals surface area contributed by atoms with E-state index in [4.69, 9.17) is 0 Å². The Morgan fingerprint density at radius 1 is 1.20 bits per heavy atom. The molecule has 2 N–H and O–H groups in total. The normalized spacial score (nSPS) is 15.1. The number of hydrogen-bond acceptors (Lipinski definition) is 5. The summed E-state index contributed by atoms with van der Waals surface area (Å²) in [6.45, 7) is 8.58. The molecule has 7 heteroatoms. The number of benzene rings is 2. The molecule has 0 saturated carbocycles. The van der Waals surface area contributed by atoms with Gasteiger partial charge < -0.3 is 10.6 Å². The highest BCUT2D eigenvalue weighted by atomic mass is 16.2. The van der Waals surface area contributed by atoms with Crippen molar-refractivity contribution in [3.05, 3.63) is 59.9 Å². The standard InChI is InChI=1S/C23H26N6O/c1-23(2,29-16-17(14-26-29)15-28-11-9-25-10-12-28)22(30)27-21-8-7-18(13-24)19-5-3-4-6-20(19)21/h3-8,14,16,25H,9-12,15H2,1-2H3,(H,27,30). The number of nitrogens with one attached hydrogen (secondary N) is 2. The number of piperazine rings is 1. The lowest BCUT2D eigenvalue weighted by atomic mass is 10.0. The maximum atomic E-state index is 13.2. The first-order valence-electron chi connectivity index (χ1n) is 10.2. The maximum absolute atomic E-state index is 13.2. The lowest BCUT2D eigenvalue weighted by Gasteiger charge is -2.27. The molecule has 1 aliphatic rings. The third-order valence-electron chi connectivity index (χ3n) is 5.67. The smallest absolute Gasteiger partial charge is 0.251 e. The zero-order valence-electron chi connectivity index (χ0n) is 17.4. The molecule has 0 aliphatic carbocycles. The molecular weight excluding hydrogens is 376 g/mol. The van der Waals surface area contributed by atoms with Crippen molar-refractivity contribution < 1.29 is 4.79 Å². The fraction of sp³-hybridized carbons (Fsp3) is 0.348. The molecule has 7 nitrogen and oxygen atoms in total. The molecule has 1 saturated heterocycles. The summed E-state index contributed by atoms with van der Waals surface area (Å²) in [4.78, 5) is 15.6. The van der Waals surface area contributed by atoms with E-state index in [0.29, 0.717) is 11.3 Å². The molecule has 1 aliphatic heterocycles. The molecule has 0 spiro atoms. The van der Waals surface area contributed by atoms with Crippen molar-refractivity contribution >= 4 is 22.4 Å². The van der Waals surface area contributed by atoms with E-state index in [1.165, 1.54) is 0 Å². The highest BCUT2D eigenvalue weighted by Gasteiger charge is 2.31. The van der Waals surface area contributed by atoms with Crippen LogP contribution >= 0.6 is 0 Å². The fourth-order valence-corrected chi connectivity index (χ4v) is 3.76. The first-order valence-corrected chi connectivity index (χ1v) is 10.2. The molecule has 30 heavy (non-hydrogen) atoms. The fourth-order valence-electron chi connectivity index (χ4n) is 3.76. The van der Waals surface area contributed by atoms with Crippen LogP contribution < -0.4 is 10.6 Å². The Morgan fingerprint density at radius 2 is 1.93 bits per heavy atom. The van der Waals surface area contributed by atoms with E-state index in [2.05, 4.69) is 26.7 Å². The summed E-state index contributed by atoms with van der Waals surface area (Å²) >= 11 is 0. The molecular formula is C23H26N6O. The predicted octanol–water partition coefficient (Wildman–Crippen LogP) is 2.69. The Hall–Kier alpha value is -3.21. The van der Waals surface area contributed by atoms with Crippen molar-refractivity contribution in [3.63, 3.8) is 0 Å². The summed E-state index contributed by atoms with van der Waals surface area (Å²) in [6, 6.07) is 13.3. The minimum absolute atomic E-state index is 0.158. The van der Waals surface area contributed by atoms with E-state index in [1.54, 1.807) is 16.8 Å².